The maximum absolute atomic E-state index is 12.9. The number of nitrogens with zero attached hydrogens (tertiary/aromatic N) is 1. The molecule has 0 spiro atoms. The van der Waals surface area contributed by atoms with E-state index in [0.717, 1.165) is 22.9 Å². The number of amides is 2. The molecule has 0 atom stereocenters. The van der Waals surface area contributed by atoms with Crippen molar-refractivity contribution in [2.24, 2.45) is 0 Å². The largest absolute Gasteiger partial charge is 0.488 e. The summed E-state index contributed by atoms with van der Waals surface area (Å²) in [6.07, 6.45) is 1.67. The second kappa shape index (κ2) is 10.0. The van der Waals surface area contributed by atoms with E-state index >= 15 is 0 Å². The maximum atomic E-state index is 12.9. The third-order valence-corrected chi connectivity index (χ3v) is 6.48. The van der Waals surface area contributed by atoms with E-state index in [4.69, 9.17) is 39.5 Å². The fourth-order valence-corrected chi connectivity index (χ4v) is 4.49. The molecule has 1 fully saturated rings. The second-order valence-electron chi connectivity index (χ2n) is 6.96. The first-order valence-corrected chi connectivity index (χ1v) is 11.5. The highest BCUT2D eigenvalue weighted by molar-refractivity contribution is 8.18. The third kappa shape index (κ3) is 5.30. The smallest absolute Gasteiger partial charge is 0.293 e. The van der Waals surface area contributed by atoms with E-state index in [1.807, 2.05) is 18.2 Å². The molecule has 0 N–H and O–H groups in total. The van der Waals surface area contributed by atoms with Gasteiger partial charge >= 0.3 is 0 Å². The van der Waals surface area contributed by atoms with Crippen LogP contribution < -0.4 is 4.74 Å². The minimum atomic E-state index is -0.342. The highest BCUT2D eigenvalue weighted by Crippen LogP contribution is 2.35. The molecule has 1 saturated heterocycles. The molecule has 1 heterocycles. The number of halogens is 3. The lowest BCUT2D eigenvalue weighted by atomic mass is 10.1. The van der Waals surface area contributed by atoms with Gasteiger partial charge in [0, 0.05) is 26.2 Å². The summed E-state index contributed by atoms with van der Waals surface area (Å²) in [5.41, 5.74) is 2.30. The van der Waals surface area contributed by atoms with Crippen molar-refractivity contribution in [1.82, 2.24) is 4.90 Å². The molecule has 1 aliphatic rings. The number of hydrogen-bond acceptors (Lipinski definition) is 4. The zero-order chi connectivity index (χ0) is 22.7. The Balaban J connectivity index is 1.51. The Labute approximate surface area is 204 Å². The summed E-state index contributed by atoms with van der Waals surface area (Å²) in [5, 5.41) is 1.34. The number of imide groups is 1. The summed E-state index contributed by atoms with van der Waals surface area (Å²) in [6, 6.07) is 19.5. The van der Waals surface area contributed by atoms with Crippen LogP contribution in [0.1, 0.15) is 16.7 Å². The number of rotatable bonds is 6. The van der Waals surface area contributed by atoms with Gasteiger partial charge < -0.3 is 4.74 Å². The summed E-state index contributed by atoms with van der Waals surface area (Å²) in [7, 11) is 0. The van der Waals surface area contributed by atoms with Crippen LogP contribution in [-0.4, -0.2) is 16.0 Å². The van der Waals surface area contributed by atoms with Crippen molar-refractivity contribution >= 4 is 63.8 Å². The van der Waals surface area contributed by atoms with Gasteiger partial charge in [-0.1, -0.05) is 71.2 Å². The first-order chi connectivity index (χ1) is 15.4. The standard InChI is InChI=1S/C24H16Cl3NO3S/c25-18-8-5-15(6-9-18)13-28-23(29)22(32-24(28)30)11-16-3-1-2-4-21(16)31-14-17-7-10-19(26)12-20(17)27/h1-12H,13-14H2/b22-11-. The molecule has 0 bridgehead atoms. The van der Waals surface area contributed by atoms with Crippen molar-refractivity contribution in [3.8, 4) is 5.75 Å². The molecule has 3 aromatic carbocycles. The molecule has 0 aliphatic carbocycles. The molecule has 0 radical (unpaired) electrons. The molecular formula is C24H16Cl3NO3S. The highest BCUT2D eigenvalue weighted by atomic mass is 35.5. The predicted octanol–water partition coefficient (Wildman–Crippen LogP) is 7.46. The normalized spacial score (nSPS) is 15.0. The molecular weight excluding hydrogens is 489 g/mol. The minimum Gasteiger partial charge on any atom is -0.488 e. The number of carbonyl (C=O) groups excluding carboxylic acids is 2. The number of carbonyl (C=O) groups is 2. The number of thioether (sulfide) groups is 1. The molecule has 162 valence electrons. The Hall–Kier alpha value is -2.44. The van der Waals surface area contributed by atoms with Crippen LogP contribution in [0.5, 0.6) is 5.75 Å². The SMILES string of the molecule is O=C1S/C(=C\c2ccccc2OCc2ccc(Cl)cc2Cl)C(=O)N1Cc1ccc(Cl)cc1. The van der Waals surface area contributed by atoms with Crippen LogP contribution in [0.4, 0.5) is 4.79 Å². The van der Waals surface area contributed by atoms with Crippen LogP contribution in [0.25, 0.3) is 6.08 Å². The molecule has 32 heavy (non-hydrogen) atoms. The molecule has 0 unspecified atom stereocenters. The van der Waals surface area contributed by atoms with Gasteiger partial charge in [0.2, 0.25) is 0 Å². The highest BCUT2D eigenvalue weighted by Gasteiger charge is 2.35. The number of para-hydroxylation sites is 1. The molecule has 3 aromatic rings. The third-order valence-electron chi connectivity index (χ3n) is 4.73. The second-order valence-corrected chi connectivity index (χ2v) is 9.23. The number of hydrogen-bond donors (Lipinski definition) is 0. The van der Waals surface area contributed by atoms with Crippen LogP contribution in [0.15, 0.2) is 71.6 Å². The van der Waals surface area contributed by atoms with Crippen molar-refractivity contribution in [1.29, 1.82) is 0 Å². The van der Waals surface area contributed by atoms with Gasteiger partial charge in [-0.2, -0.15) is 0 Å². The fourth-order valence-electron chi connectivity index (χ4n) is 3.08. The summed E-state index contributed by atoms with van der Waals surface area (Å²) >= 11 is 19.0. The first-order valence-electron chi connectivity index (χ1n) is 9.56. The quantitative estimate of drug-likeness (QED) is 0.327. The zero-order valence-electron chi connectivity index (χ0n) is 16.6. The number of ether oxygens (including phenoxy) is 1. The Morgan fingerprint density at radius 3 is 2.38 bits per heavy atom. The molecule has 4 rings (SSSR count). The maximum Gasteiger partial charge on any atom is 0.293 e. The Kier molecular flexibility index (Phi) is 7.11. The van der Waals surface area contributed by atoms with Gasteiger partial charge in [0.25, 0.3) is 11.1 Å². The lowest BCUT2D eigenvalue weighted by Crippen LogP contribution is -2.27. The topological polar surface area (TPSA) is 46.6 Å². The lowest BCUT2D eigenvalue weighted by molar-refractivity contribution is -0.123. The van der Waals surface area contributed by atoms with Gasteiger partial charge in [0.15, 0.2) is 0 Å². The average Bonchev–Trinajstić information content (AvgIpc) is 3.03. The lowest BCUT2D eigenvalue weighted by Gasteiger charge is -2.12. The average molecular weight is 505 g/mol. The van der Waals surface area contributed by atoms with Crippen molar-refractivity contribution < 1.29 is 14.3 Å². The molecule has 4 nitrogen and oxygen atoms in total. The fraction of sp³-hybridized carbons (Fsp3) is 0.0833. The summed E-state index contributed by atoms with van der Waals surface area (Å²) in [6.45, 7) is 0.422. The van der Waals surface area contributed by atoms with Crippen LogP contribution in [0.2, 0.25) is 15.1 Å². The predicted molar refractivity (Wildman–Crippen MR) is 130 cm³/mol. The van der Waals surface area contributed by atoms with Crippen molar-refractivity contribution in [2.75, 3.05) is 0 Å². The molecule has 0 aromatic heterocycles. The molecule has 8 heteroatoms. The van der Waals surface area contributed by atoms with Gasteiger partial charge in [0.1, 0.15) is 12.4 Å². The van der Waals surface area contributed by atoms with Crippen LogP contribution in [0.3, 0.4) is 0 Å². The van der Waals surface area contributed by atoms with Gasteiger partial charge in [-0.3, -0.25) is 14.5 Å². The molecule has 1 aliphatic heterocycles. The molecule has 2 amide bonds. The van der Waals surface area contributed by atoms with E-state index in [1.54, 1.807) is 54.6 Å². The van der Waals surface area contributed by atoms with E-state index in [9.17, 15) is 9.59 Å². The van der Waals surface area contributed by atoms with Gasteiger partial charge in [0.05, 0.1) is 11.4 Å². The van der Waals surface area contributed by atoms with Crippen LogP contribution in [-0.2, 0) is 17.9 Å². The van der Waals surface area contributed by atoms with Gasteiger partial charge in [-0.15, -0.1) is 0 Å². The van der Waals surface area contributed by atoms with Crippen molar-refractivity contribution in [3.05, 3.63) is 103 Å². The van der Waals surface area contributed by atoms with Crippen LogP contribution in [0, 0.1) is 0 Å². The first kappa shape index (κ1) is 22.7. The number of benzene rings is 3. The summed E-state index contributed by atoms with van der Waals surface area (Å²) in [5.74, 6) is 0.230. The van der Waals surface area contributed by atoms with Gasteiger partial charge in [-0.25, -0.2) is 0 Å². The van der Waals surface area contributed by atoms with E-state index < -0.39 is 0 Å². The monoisotopic (exact) mass is 503 g/mol. The van der Waals surface area contributed by atoms with E-state index in [0.29, 0.717) is 31.3 Å². The summed E-state index contributed by atoms with van der Waals surface area (Å²) < 4.78 is 5.95. The van der Waals surface area contributed by atoms with Crippen molar-refractivity contribution in [3.63, 3.8) is 0 Å². The minimum absolute atomic E-state index is 0.187. The van der Waals surface area contributed by atoms with E-state index in [1.165, 1.54) is 4.90 Å². The Morgan fingerprint density at radius 1 is 0.906 bits per heavy atom. The zero-order valence-corrected chi connectivity index (χ0v) is 19.6. The van der Waals surface area contributed by atoms with Crippen molar-refractivity contribution in [2.45, 2.75) is 13.2 Å². The van der Waals surface area contributed by atoms with Gasteiger partial charge in [-0.05, 0) is 53.7 Å². The van der Waals surface area contributed by atoms with Crippen LogP contribution >= 0.6 is 46.6 Å². The van der Waals surface area contributed by atoms with E-state index in [-0.39, 0.29) is 24.3 Å². The van der Waals surface area contributed by atoms with E-state index in [2.05, 4.69) is 0 Å². The Morgan fingerprint density at radius 2 is 1.62 bits per heavy atom. The molecule has 0 saturated carbocycles. The summed E-state index contributed by atoms with van der Waals surface area (Å²) in [4.78, 5) is 26.9. The Bertz CT molecular complexity index is 1210.